The van der Waals surface area contributed by atoms with Crippen LogP contribution >= 0.6 is 0 Å². The highest BCUT2D eigenvalue weighted by Crippen LogP contribution is 2.54. The molecule has 3 aliphatic rings. The van der Waals surface area contributed by atoms with E-state index in [9.17, 15) is 24.0 Å². The van der Waals surface area contributed by atoms with Crippen molar-refractivity contribution in [2.24, 2.45) is 5.41 Å². The first-order valence-corrected chi connectivity index (χ1v) is 9.35. The monoisotopic (exact) mass is 399 g/mol. The van der Waals surface area contributed by atoms with Crippen molar-refractivity contribution < 1.29 is 28.7 Å². The van der Waals surface area contributed by atoms with Crippen molar-refractivity contribution in [2.45, 2.75) is 51.7 Å². The molecule has 1 spiro atoms. The molecule has 152 valence electrons. The fourth-order valence-electron chi connectivity index (χ4n) is 3.89. The molecular formula is C20H21N3O6. The maximum atomic E-state index is 13.1. The number of fused-ring (bicyclic) bond motifs is 1. The van der Waals surface area contributed by atoms with Gasteiger partial charge in [0.1, 0.15) is 11.6 Å². The fourth-order valence-corrected chi connectivity index (χ4v) is 3.89. The van der Waals surface area contributed by atoms with Crippen LogP contribution in [0.3, 0.4) is 0 Å². The van der Waals surface area contributed by atoms with Crippen LogP contribution in [0, 0.1) is 5.41 Å². The molecule has 1 saturated heterocycles. The fraction of sp³-hybridized carbons (Fsp3) is 0.450. The topological polar surface area (TPSA) is 127 Å². The molecule has 1 atom stereocenters. The third-order valence-corrected chi connectivity index (χ3v) is 5.47. The van der Waals surface area contributed by atoms with Crippen LogP contribution in [0.15, 0.2) is 18.2 Å². The second-order valence-electron chi connectivity index (χ2n) is 8.71. The molecule has 0 aromatic heterocycles. The Kier molecular flexibility index (Phi) is 3.88. The van der Waals surface area contributed by atoms with Crippen LogP contribution in [-0.4, -0.2) is 51.2 Å². The number of nitrogens with zero attached hydrogens (tertiary/aromatic N) is 2. The molecule has 29 heavy (non-hydrogen) atoms. The molecule has 0 radical (unpaired) electrons. The van der Waals surface area contributed by atoms with Crippen LogP contribution in [0.5, 0.6) is 0 Å². The summed E-state index contributed by atoms with van der Waals surface area (Å²) in [6.07, 6.45) is -0.157. The number of carbonyl (C=O) groups is 5. The van der Waals surface area contributed by atoms with E-state index in [4.69, 9.17) is 10.5 Å². The first-order chi connectivity index (χ1) is 13.5. The maximum absolute atomic E-state index is 13.1. The van der Waals surface area contributed by atoms with Gasteiger partial charge in [-0.1, -0.05) is 6.07 Å². The lowest BCUT2D eigenvalue weighted by Gasteiger charge is -2.38. The number of carbonyl (C=O) groups excluding carboxylic acids is 5. The van der Waals surface area contributed by atoms with Crippen LogP contribution < -0.4 is 5.73 Å². The standard InChI is InChI=1S/C20H21N3O6/c1-19(2,3)29-18(28)23-15(25)12(9-20(7-8-20)17(23)27)22-14(24)10-5-4-6-11(21)13(10)16(22)26/h4-6,12H,7-9,21H2,1-3H3. The minimum absolute atomic E-state index is 0.00463. The Labute approximate surface area is 166 Å². The average molecular weight is 399 g/mol. The highest BCUT2D eigenvalue weighted by Gasteiger charge is 2.63. The Bertz CT molecular complexity index is 988. The zero-order chi connectivity index (χ0) is 21.3. The molecule has 9 nitrogen and oxygen atoms in total. The predicted octanol–water partition coefficient (Wildman–Crippen LogP) is 1.71. The van der Waals surface area contributed by atoms with Crippen LogP contribution in [0.1, 0.15) is 60.7 Å². The van der Waals surface area contributed by atoms with Crippen molar-refractivity contribution in [1.29, 1.82) is 0 Å². The molecule has 1 aliphatic carbocycles. The maximum Gasteiger partial charge on any atom is 0.424 e. The molecule has 2 N–H and O–H groups in total. The number of ether oxygens (including phenoxy) is 1. The summed E-state index contributed by atoms with van der Waals surface area (Å²) in [7, 11) is 0. The van der Waals surface area contributed by atoms with E-state index in [0.717, 1.165) is 4.90 Å². The van der Waals surface area contributed by atoms with Crippen LogP contribution in [0.2, 0.25) is 0 Å². The highest BCUT2D eigenvalue weighted by atomic mass is 16.6. The summed E-state index contributed by atoms with van der Waals surface area (Å²) in [5.41, 5.74) is 4.28. The average Bonchev–Trinajstić information content (AvgIpc) is 3.33. The van der Waals surface area contributed by atoms with Crippen LogP contribution in [0.25, 0.3) is 0 Å². The van der Waals surface area contributed by atoms with Gasteiger partial charge in [-0.25, -0.2) is 4.79 Å². The van der Waals surface area contributed by atoms with Crippen molar-refractivity contribution in [2.75, 3.05) is 5.73 Å². The van der Waals surface area contributed by atoms with Gasteiger partial charge in [-0.05, 0) is 52.2 Å². The van der Waals surface area contributed by atoms with E-state index in [-0.39, 0.29) is 23.2 Å². The lowest BCUT2D eigenvalue weighted by molar-refractivity contribution is -0.155. The second-order valence-corrected chi connectivity index (χ2v) is 8.71. The van der Waals surface area contributed by atoms with Crippen LogP contribution in [-0.2, 0) is 14.3 Å². The number of benzene rings is 1. The lowest BCUT2D eigenvalue weighted by Crippen LogP contribution is -2.61. The zero-order valence-electron chi connectivity index (χ0n) is 16.4. The van der Waals surface area contributed by atoms with Gasteiger partial charge in [0.05, 0.1) is 16.5 Å². The van der Waals surface area contributed by atoms with Crippen molar-refractivity contribution in [3.63, 3.8) is 0 Å². The van der Waals surface area contributed by atoms with Crippen molar-refractivity contribution >= 4 is 35.4 Å². The van der Waals surface area contributed by atoms with E-state index in [2.05, 4.69) is 0 Å². The van der Waals surface area contributed by atoms with Gasteiger partial charge in [0.25, 0.3) is 17.7 Å². The Morgan fingerprint density at radius 1 is 1.14 bits per heavy atom. The molecule has 2 heterocycles. The van der Waals surface area contributed by atoms with Gasteiger partial charge < -0.3 is 10.5 Å². The number of nitrogen functional groups attached to an aromatic ring is 1. The van der Waals surface area contributed by atoms with E-state index in [1.165, 1.54) is 12.1 Å². The first-order valence-electron chi connectivity index (χ1n) is 9.35. The number of imide groups is 4. The molecule has 1 unspecified atom stereocenters. The third kappa shape index (κ3) is 2.80. The van der Waals surface area contributed by atoms with Crippen molar-refractivity contribution in [1.82, 2.24) is 9.80 Å². The number of rotatable bonds is 1. The Morgan fingerprint density at radius 2 is 1.79 bits per heavy atom. The van der Waals surface area contributed by atoms with E-state index < -0.39 is 46.8 Å². The minimum Gasteiger partial charge on any atom is -0.443 e. The van der Waals surface area contributed by atoms with E-state index in [1.807, 2.05) is 0 Å². The van der Waals surface area contributed by atoms with Crippen LogP contribution in [0.4, 0.5) is 10.5 Å². The summed E-state index contributed by atoms with van der Waals surface area (Å²) in [4.78, 5) is 65.7. The number of anilines is 1. The molecule has 1 saturated carbocycles. The Hall–Kier alpha value is -3.23. The third-order valence-electron chi connectivity index (χ3n) is 5.47. The smallest absolute Gasteiger partial charge is 0.424 e. The Balaban J connectivity index is 1.72. The molecule has 1 aromatic rings. The molecule has 5 amide bonds. The first kappa shape index (κ1) is 19.1. The second kappa shape index (κ2) is 5.88. The van der Waals surface area contributed by atoms with E-state index in [1.54, 1.807) is 26.8 Å². The summed E-state index contributed by atoms with van der Waals surface area (Å²) >= 11 is 0. The Morgan fingerprint density at radius 3 is 2.34 bits per heavy atom. The van der Waals surface area contributed by atoms with Gasteiger partial charge in [-0.2, -0.15) is 4.90 Å². The number of hydrogen-bond acceptors (Lipinski definition) is 7. The number of nitrogens with two attached hydrogens (primary N) is 1. The minimum atomic E-state index is -1.27. The van der Waals surface area contributed by atoms with Gasteiger partial charge in [-0.15, -0.1) is 0 Å². The van der Waals surface area contributed by atoms with Crippen molar-refractivity contribution in [3.05, 3.63) is 29.3 Å². The van der Waals surface area contributed by atoms with Gasteiger partial charge in [0, 0.05) is 5.69 Å². The summed E-state index contributed by atoms with van der Waals surface area (Å²) < 4.78 is 5.22. The largest absolute Gasteiger partial charge is 0.443 e. The summed E-state index contributed by atoms with van der Waals surface area (Å²) in [5.74, 6) is -2.93. The summed E-state index contributed by atoms with van der Waals surface area (Å²) in [6, 6.07) is 3.23. The van der Waals surface area contributed by atoms with Crippen molar-refractivity contribution in [3.8, 4) is 0 Å². The number of hydrogen-bond donors (Lipinski definition) is 1. The molecule has 2 aliphatic heterocycles. The molecule has 1 aromatic carbocycles. The molecule has 9 heteroatoms. The van der Waals surface area contributed by atoms with Gasteiger partial charge in [0.15, 0.2) is 0 Å². The van der Waals surface area contributed by atoms with E-state index in [0.29, 0.717) is 17.7 Å². The quantitative estimate of drug-likeness (QED) is 0.562. The zero-order valence-corrected chi connectivity index (χ0v) is 16.4. The summed E-state index contributed by atoms with van der Waals surface area (Å²) in [5, 5.41) is 0. The molecular weight excluding hydrogens is 378 g/mol. The molecule has 4 rings (SSSR count). The number of piperidine rings is 1. The normalized spacial score (nSPS) is 22.9. The summed E-state index contributed by atoms with van der Waals surface area (Å²) in [6.45, 7) is 4.84. The predicted molar refractivity (Wildman–Crippen MR) is 99.5 cm³/mol. The number of amides is 5. The van der Waals surface area contributed by atoms with Gasteiger partial charge in [-0.3, -0.25) is 24.1 Å². The van der Waals surface area contributed by atoms with Gasteiger partial charge in [0.2, 0.25) is 5.91 Å². The highest BCUT2D eigenvalue weighted by molar-refractivity contribution is 6.26. The lowest BCUT2D eigenvalue weighted by atomic mass is 9.89. The molecule has 2 fully saturated rings. The van der Waals surface area contributed by atoms with Gasteiger partial charge >= 0.3 is 6.09 Å². The SMILES string of the molecule is CC(C)(C)OC(=O)N1C(=O)C(N2C(=O)c3cccc(N)c3C2=O)CC2(CC2)C1=O. The number of likely N-dealkylation sites (tertiary alicyclic amines) is 1. The molecule has 0 bridgehead atoms. The van der Waals surface area contributed by atoms with E-state index >= 15 is 0 Å².